The van der Waals surface area contributed by atoms with Gasteiger partial charge in [-0.1, -0.05) is 127 Å². The van der Waals surface area contributed by atoms with Crippen molar-refractivity contribution in [3.8, 4) is 44.8 Å². The smallest absolute Gasteiger partial charge is 0.136 e. The van der Waals surface area contributed by atoms with Gasteiger partial charge in [-0.25, -0.2) is 0 Å². The Morgan fingerprint density at radius 3 is 1.33 bits per heavy atom. The number of hydrogen-bond donors (Lipinski definition) is 0. The monoisotopic (exact) mass is 726 g/mol. The summed E-state index contributed by atoms with van der Waals surface area (Å²) in [6, 6.07) is 74.5. The zero-order valence-electron chi connectivity index (χ0n) is 30.9. The highest BCUT2D eigenvalue weighted by molar-refractivity contribution is 6.13. The van der Waals surface area contributed by atoms with Crippen LogP contribution >= 0.6 is 0 Å². The molecule has 0 radical (unpaired) electrons. The minimum Gasteiger partial charge on any atom is -0.456 e. The lowest BCUT2D eigenvalue weighted by Crippen LogP contribution is -1.94. The Morgan fingerprint density at radius 1 is 0.246 bits per heavy atom. The van der Waals surface area contributed by atoms with E-state index >= 15 is 0 Å². The van der Waals surface area contributed by atoms with Gasteiger partial charge in [0.25, 0.3) is 0 Å². The van der Waals surface area contributed by atoms with E-state index in [0.717, 1.165) is 38.9 Å². The molecule has 0 amide bonds. The van der Waals surface area contributed by atoms with Crippen LogP contribution in [-0.4, -0.2) is 9.13 Å². The first-order valence-corrected chi connectivity index (χ1v) is 19.5. The highest BCUT2D eigenvalue weighted by atomic mass is 16.3. The Labute approximate surface area is 328 Å². The lowest BCUT2D eigenvalue weighted by atomic mass is 10.0. The molecule has 0 N–H and O–H groups in total. The fourth-order valence-corrected chi connectivity index (χ4v) is 9.01. The highest BCUT2D eigenvalue weighted by Gasteiger charge is 2.17. The number of rotatable bonds is 5. The Bertz CT molecular complexity index is 3490. The summed E-state index contributed by atoms with van der Waals surface area (Å²) in [4.78, 5) is 0. The molecular weight excluding hydrogens is 693 g/mol. The normalized spacial score (nSPS) is 11.9. The number of para-hydroxylation sites is 2. The van der Waals surface area contributed by atoms with E-state index in [2.05, 4.69) is 209 Å². The predicted octanol–water partition coefficient (Wildman–Crippen LogP) is 14.8. The number of hydrogen-bond acceptors (Lipinski definition) is 1. The largest absolute Gasteiger partial charge is 0.456 e. The van der Waals surface area contributed by atoms with Crippen LogP contribution in [0.4, 0.5) is 0 Å². The van der Waals surface area contributed by atoms with Gasteiger partial charge in [-0.05, 0) is 112 Å². The van der Waals surface area contributed by atoms with Gasteiger partial charge < -0.3 is 13.6 Å². The molecular formula is C54H34N2O. The summed E-state index contributed by atoms with van der Waals surface area (Å²) in [5, 5.41) is 7.19. The molecule has 266 valence electrons. The molecule has 0 unspecified atom stereocenters. The van der Waals surface area contributed by atoms with Crippen LogP contribution in [0.25, 0.3) is 110 Å². The van der Waals surface area contributed by atoms with Gasteiger partial charge in [0.2, 0.25) is 0 Å². The van der Waals surface area contributed by atoms with Crippen LogP contribution < -0.4 is 0 Å². The second-order valence-electron chi connectivity index (χ2n) is 14.9. The van der Waals surface area contributed by atoms with Crippen molar-refractivity contribution >= 4 is 65.6 Å². The van der Waals surface area contributed by atoms with Crippen molar-refractivity contribution in [3.63, 3.8) is 0 Å². The first-order valence-electron chi connectivity index (χ1n) is 19.5. The van der Waals surface area contributed by atoms with Gasteiger partial charge in [-0.2, -0.15) is 0 Å². The summed E-state index contributed by atoms with van der Waals surface area (Å²) in [6.45, 7) is 0. The SMILES string of the molecule is c1ccc(-c2ccc(-n3c4ccccc4c4cc(-c5ccc6c(c5)c5ccccc5n6-c5ccc6oc7cc(-c8ccccc8)ccc7c6c5)ccc43)cc2)cc1. The van der Waals surface area contributed by atoms with Crippen molar-refractivity contribution in [2.45, 2.75) is 0 Å². The van der Waals surface area contributed by atoms with E-state index in [1.165, 1.54) is 71.4 Å². The van der Waals surface area contributed by atoms with E-state index < -0.39 is 0 Å². The van der Waals surface area contributed by atoms with Crippen molar-refractivity contribution in [2.75, 3.05) is 0 Å². The number of benzene rings is 9. The fourth-order valence-electron chi connectivity index (χ4n) is 9.01. The zero-order valence-corrected chi connectivity index (χ0v) is 30.9. The van der Waals surface area contributed by atoms with Crippen LogP contribution in [0.5, 0.6) is 0 Å². The minimum absolute atomic E-state index is 0.892. The molecule has 0 spiro atoms. The van der Waals surface area contributed by atoms with Crippen molar-refractivity contribution in [2.24, 2.45) is 0 Å². The van der Waals surface area contributed by atoms with Gasteiger partial charge in [-0.15, -0.1) is 0 Å². The number of aromatic nitrogens is 2. The van der Waals surface area contributed by atoms with E-state index in [4.69, 9.17) is 4.42 Å². The molecule has 3 aromatic heterocycles. The molecule has 3 heteroatoms. The lowest BCUT2D eigenvalue weighted by molar-refractivity contribution is 0.669. The van der Waals surface area contributed by atoms with E-state index in [-0.39, 0.29) is 0 Å². The Morgan fingerprint density at radius 2 is 0.702 bits per heavy atom. The van der Waals surface area contributed by atoms with E-state index in [1.54, 1.807) is 0 Å². The molecule has 0 saturated carbocycles. The van der Waals surface area contributed by atoms with Crippen LogP contribution in [0.3, 0.4) is 0 Å². The molecule has 0 aliphatic heterocycles. The molecule has 57 heavy (non-hydrogen) atoms. The maximum absolute atomic E-state index is 6.42. The number of fused-ring (bicyclic) bond motifs is 9. The summed E-state index contributed by atoms with van der Waals surface area (Å²) in [7, 11) is 0. The third-order valence-corrected chi connectivity index (χ3v) is 11.7. The van der Waals surface area contributed by atoms with Crippen molar-refractivity contribution in [1.29, 1.82) is 0 Å². The summed E-state index contributed by atoms with van der Waals surface area (Å²) in [5.41, 5.74) is 16.0. The predicted molar refractivity (Wildman–Crippen MR) is 239 cm³/mol. The quantitative estimate of drug-likeness (QED) is 0.173. The third kappa shape index (κ3) is 4.99. The van der Waals surface area contributed by atoms with E-state index in [0.29, 0.717) is 0 Å². The van der Waals surface area contributed by atoms with Crippen molar-refractivity contribution in [1.82, 2.24) is 9.13 Å². The van der Waals surface area contributed by atoms with Gasteiger partial charge in [0, 0.05) is 43.7 Å². The third-order valence-electron chi connectivity index (χ3n) is 11.7. The molecule has 0 saturated heterocycles. The molecule has 0 aliphatic rings. The molecule has 0 bridgehead atoms. The average molecular weight is 727 g/mol. The van der Waals surface area contributed by atoms with E-state index in [9.17, 15) is 0 Å². The average Bonchev–Trinajstić information content (AvgIpc) is 3.93. The second-order valence-corrected chi connectivity index (χ2v) is 14.9. The maximum atomic E-state index is 6.42. The summed E-state index contributed by atoms with van der Waals surface area (Å²) < 4.78 is 11.2. The van der Waals surface area contributed by atoms with Gasteiger partial charge in [0.1, 0.15) is 11.2 Å². The molecule has 0 fully saturated rings. The van der Waals surface area contributed by atoms with Gasteiger partial charge in [-0.3, -0.25) is 0 Å². The number of furan rings is 1. The minimum atomic E-state index is 0.892. The molecule has 12 rings (SSSR count). The Balaban J connectivity index is 0.968. The van der Waals surface area contributed by atoms with Crippen molar-refractivity contribution in [3.05, 3.63) is 206 Å². The summed E-state index contributed by atoms with van der Waals surface area (Å²) >= 11 is 0. The molecule has 3 nitrogen and oxygen atoms in total. The highest BCUT2D eigenvalue weighted by Crippen LogP contribution is 2.40. The lowest BCUT2D eigenvalue weighted by Gasteiger charge is -2.10. The molecule has 0 aliphatic carbocycles. The van der Waals surface area contributed by atoms with Crippen LogP contribution in [0.1, 0.15) is 0 Å². The maximum Gasteiger partial charge on any atom is 0.136 e. The van der Waals surface area contributed by atoms with E-state index in [1.807, 2.05) is 6.07 Å². The van der Waals surface area contributed by atoms with Crippen LogP contribution in [0, 0.1) is 0 Å². The second kappa shape index (κ2) is 12.5. The summed E-state index contributed by atoms with van der Waals surface area (Å²) in [6.07, 6.45) is 0. The van der Waals surface area contributed by atoms with Crippen LogP contribution in [0.15, 0.2) is 211 Å². The number of nitrogens with zero attached hydrogens (tertiary/aromatic N) is 2. The van der Waals surface area contributed by atoms with Crippen LogP contribution in [-0.2, 0) is 0 Å². The van der Waals surface area contributed by atoms with Gasteiger partial charge in [0.15, 0.2) is 0 Å². The van der Waals surface area contributed by atoms with Gasteiger partial charge >= 0.3 is 0 Å². The fraction of sp³-hybridized carbons (Fsp3) is 0. The molecule has 3 heterocycles. The Kier molecular flexibility index (Phi) is 6.93. The standard InChI is InChI=1S/C54H34N2O/c1-3-11-35(12-4-1)37-19-24-41(25-20-37)55-49-17-9-7-15-43(49)46-31-38(22-28-51(46)55)39-23-29-52-47(32-39)44-16-8-10-18-50(44)56(52)42-26-30-53-48(34-42)45-27-21-40(33-54(45)57-53)36-13-5-2-6-14-36/h1-34H. The molecule has 0 atom stereocenters. The van der Waals surface area contributed by atoms with Crippen LogP contribution in [0.2, 0.25) is 0 Å². The zero-order chi connectivity index (χ0) is 37.5. The topological polar surface area (TPSA) is 23.0 Å². The van der Waals surface area contributed by atoms with Gasteiger partial charge in [0.05, 0.1) is 22.1 Å². The molecule has 12 aromatic rings. The van der Waals surface area contributed by atoms with Crippen molar-refractivity contribution < 1.29 is 4.42 Å². The Hall–Kier alpha value is -7.62. The first kappa shape index (κ1) is 31.7. The first-order chi connectivity index (χ1) is 28.2. The molecule has 9 aromatic carbocycles. The summed E-state index contributed by atoms with van der Waals surface area (Å²) in [5.74, 6) is 0.